The summed E-state index contributed by atoms with van der Waals surface area (Å²) in [7, 11) is -4.04. The van der Waals surface area contributed by atoms with Gasteiger partial charge in [0.15, 0.2) is 9.84 Å². The van der Waals surface area contributed by atoms with Gasteiger partial charge in [-0.1, -0.05) is 18.2 Å². The summed E-state index contributed by atoms with van der Waals surface area (Å²) in [5.74, 6) is -1.95. The average molecular weight is 505 g/mol. The maximum atomic E-state index is 13.5. The molecule has 0 radical (unpaired) electrons. The Morgan fingerprint density at radius 1 is 1.03 bits per heavy atom. The largest absolute Gasteiger partial charge is 0.435 e. The molecule has 1 heterocycles. The first-order chi connectivity index (χ1) is 16.7. The smallest absolute Gasteiger partial charge is 0.387 e. The molecular formula is C25H23F3N2O4S. The lowest BCUT2D eigenvalue weighted by Crippen LogP contribution is -2.39. The van der Waals surface area contributed by atoms with Crippen LogP contribution in [0.3, 0.4) is 0 Å². The van der Waals surface area contributed by atoms with Gasteiger partial charge >= 0.3 is 6.61 Å². The lowest BCUT2D eigenvalue weighted by Gasteiger charge is -2.32. The van der Waals surface area contributed by atoms with Crippen molar-refractivity contribution in [2.24, 2.45) is 5.92 Å². The van der Waals surface area contributed by atoms with Gasteiger partial charge < -0.3 is 9.64 Å². The van der Waals surface area contributed by atoms with E-state index in [9.17, 15) is 26.4 Å². The summed E-state index contributed by atoms with van der Waals surface area (Å²) in [4.78, 5) is 19.1. The van der Waals surface area contributed by atoms with Gasteiger partial charge in [-0.2, -0.15) is 8.78 Å². The molecule has 0 aliphatic heterocycles. The molecule has 1 amide bonds. The van der Waals surface area contributed by atoms with Crippen LogP contribution in [0.25, 0.3) is 0 Å². The molecule has 3 aromatic rings. The van der Waals surface area contributed by atoms with Crippen LogP contribution in [0.15, 0.2) is 77.8 Å². The zero-order chi connectivity index (χ0) is 25.0. The molecule has 1 aliphatic rings. The molecule has 1 atom stereocenters. The Morgan fingerprint density at radius 3 is 2.29 bits per heavy atom. The number of benzene rings is 2. The first-order valence-corrected chi connectivity index (χ1v) is 12.6. The van der Waals surface area contributed by atoms with Crippen molar-refractivity contribution in [2.75, 3.05) is 5.75 Å². The van der Waals surface area contributed by atoms with Crippen molar-refractivity contribution >= 4 is 15.7 Å². The summed E-state index contributed by atoms with van der Waals surface area (Å²) in [6.07, 6.45) is 3.24. The second-order valence-corrected chi connectivity index (χ2v) is 10.3. The van der Waals surface area contributed by atoms with Crippen LogP contribution in [-0.2, 0) is 21.2 Å². The van der Waals surface area contributed by atoms with Gasteiger partial charge in [0.05, 0.1) is 23.2 Å². The fourth-order valence-electron chi connectivity index (χ4n) is 3.94. The van der Waals surface area contributed by atoms with E-state index >= 15 is 0 Å². The number of halogens is 3. The summed E-state index contributed by atoms with van der Waals surface area (Å²) in [5.41, 5.74) is 1.25. The van der Waals surface area contributed by atoms with Gasteiger partial charge in [-0.25, -0.2) is 12.8 Å². The molecule has 4 rings (SSSR count). The van der Waals surface area contributed by atoms with E-state index in [1.54, 1.807) is 36.5 Å². The first kappa shape index (κ1) is 24.7. The number of aromatic nitrogens is 1. The maximum absolute atomic E-state index is 13.5. The topological polar surface area (TPSA) is 76.6 Å². The number of pyridine rings is 1. The highest BCUT2D eigenvalue weighted by molar-refractivity contribution is 7.92. The molecule has 184 valence electrons. The van der Waals surface area contributed by atoms with Gasteiger partial charge in [0.25, 0.3) is 0 Å². The number of rotatable bonds is 10. The Labute approximate surface area is 201 Å². The quantitative estimate of drug-likeness (QED) is 0.372. The van der Waals surface area contributed by atoms with E-state index in [0.717, 1.165) is 37.1 Å². The van der Waals surface area contributed by atoms with Gasteiger partial charge in [-0.3, -0.25) is 9.78 Å². The van der Waals surface area contributed by atoms with Crippen LogP contribution in [0.5, 0.6) is 5.75 Å². The number of carbonyl (C=O) groups excluding carboxylic acids is 1. The number of carbonyl (C=O) groups is 1. The van der Waals surface area contributed by atoms with E-state index in [-0.39, 0.29) is 23.1 Å². The number of nitrogens with zero attached hydrogens (tertiary/aromatic N) is 2. The number of hydrogen-bond donors (Lipinski definition) is 0. The standard InChI is InChI=1S/C25H23F3N2O4S/c26-19-8-12-22(13-9-19)35(32,33)16-23(31)30(15-20-3-1-2-14-29-20)24(17-4-5-17)18-6-10-21(11-7-18)34-25(27)28/h1-3,6-14,17,24-25H,4-5,15-16H2. The molecule has 0 bridgehead atoms. The number of alkyl halides is 2. The highest BCUT2D eigenvalue weighted by Gasteiger charge is 2.39. The van der Waals surface area contributed by atoms with Crippen LogP contribution in [0, 0.1) is 11.7 Å². The number of sulfone groups is 1. The number of amides is 1. The van der Waals surface area contributed by atoms with Crippen molar-refractivity contribution in [1.82, 2.24) is 9.88 Å². The van der Waals surface area contributed by atoms with Crippen molar-refractivity contribution in [3.05, 3.63) is 90.0 Å². The Bertz CT molecular complexity index is 1250. The Hall–Kier alpha value is -3.40. The molecule has 10 heteroatoms. The monoisotopic (exact) mass is 504 g/mol. The van der Waals surface area contributed by atoms with E-state index in [4.69, 9.17) is 0 Å². The zero-order valence-corrected chi connectivity index (χ0v) is 19.4. The fourth-order valence-corrected chi connectivity index (χ4v) is 5.15. The number of hydrogen-bond acceptors (Lipinski definition) is 5. The minimum absolute atomic E-state index is 0.0141. The van der Waals surface area contributed by atoms with Gasteiger partial charge in [-0.05, 0) is 72.9 Å². The highest BCUT2D eigenvalue weighted by atomic mass is 32.2. The Kier molecular flexibility index (Phi) is 7.39. The summed E-state index contributed by atoms with van der Waals surface area (Å²) in [5, 5.41) is 0. The molecular weight excluding hydrogens is 481 g/mol. The Balaban J connectivity index is 1.65. The lowest BCUT2D eigenvalue weighted by atomic mass is 9.99. The van der Waals surface area contributed by atoms with Crippen LogP contribution >= 0.6 is 0 Å². The summed E-state index contributed by atoms with van der Waals surface area (Å²) in [6, 6.07) is 15.1. The van der Waals surface area contributed by atoms with Gasteiger partial charge in [0, 0.05) is 6.20 Å². The summed E-state index contributed by atoms with van der Waals surface area (Å²) < 4.78 is 68.7. The first-order valence-electron chi connectivity index (χ1n) is 11.0. The summed E-state index contributed by atoms with van der Waals surface area (Å²) >= 11 is 0. The predicted molar refractivity (Wildman–Crippen MR) is 122 cm³/mol. The molecule has 1 aromatic heterocycles. The van der Waals surface area contributed by atoms with Crippen molar-refractivity contribution in [2.45, 2.75) is 36.9 Å². The molecule has 0 N–H and O–H groups in total. The molecule has 1 fully saturated rings. The average Bonchev–Trinajstić information content (AvgIpc) is 3.65. The van der Waals surface area contributed by atoms with Gasteiger partial charge in [0.2, 0.25) is 5.91 Å². The van der Waals surface area contributed by atoms with Crippen LogP contribution < -0.4 is 4.74 Å². The van der Waals surface area contributed by atoms with E-state index in [2.05, 4.69) is 9.72 Å². The lowest BCUT2D eigenvalue weighted by molar-refractivity contribution is -0.132. The normalized spacial score (nSPS) is 14.5. The van der Waals surface area contributed by atoms with Crippen molar-refractivity contribution in [3.8, 4) is 5.75 Å². The van der Waals surface area contributed by atoms with E-state index in [0.29, 0.717) is 11.3 Å². The van der Waals surface area contributed by atoms with E-state index in [1.807, 2.05) is 0 Å². The minimum Gasteiger partial charge on any atom is -0.435 e. The van der Waals surface area contributed by atoms with Crippen molar-refractivity contribution in [1.29, 1.82) is 0 Å². The van der Waals surface area contributed by atoms with Crippen LogP contribution in [-0.4, -0.2) is 36.6 Å². The van der Waals surface area contributed by atoms with Gasteiger partial charge in [0.1, 0.15) is 17.3 Å². The zero-order valence-electron chi connectivity index (χ0n) is 18.6. The molecule has 0 spiro atoms. The Morgan fingerprint density at radius 2 is 1.71 bits per heavy atom. The van der Waals surface area contributed by atoms with Crippen LogP contribution in [0.4, 0.5) is 13.2 Å². The molecule has 1 aliphatic carbocycles. The van der Waals surface area contributed by atoms with Gasteiger partial charge in [-0.15, -0.1) is 0 Å². The maximum Gasteiger partial charge on any atom is 0.387 e. The molecule has 0 saturated heterocycles. The molecule has 1 unspecified atom stereocenters. The summed E-state index contributed by atoms with van der Waals surface area (Å²) in [6.45, 7) is -2.89. The minimum atomic E-state index is -4.04. The second-order valence-electron chi connectivity index (χ2n) is 8.29. The molecule has 6 nitrogen and oxygen atoms in total. The highest BCUT2D eigenvalue weighted by Crippen LogP contribution is 2.45. The third kappa shape index (κ3) is 6.39. The molecule has 2 aromatic carbocycles. The second kappa shape index (κ2) is 10.5. The van der Waals surface area contributed by atoms with E-state index in [1.165, 1.54) is 17.0 Å². The number of ether oxygens (including phenoxy) is 1. The van der Waals surface area contributed by atoms with E-state index < -0.39 is 40.0 Å². The van der Waals surface area contributed by atoms with Crippen LogP contribution in [0.2, 0.25) is 0 Å². The van der Waals surface area contributed by atoms with Crippen molar-refractivity contribution in [3.63, 3.8) is 0 Å². The predicted octanol–water partition coefficient (Wildman–Crippen LogP) is 4.78. The third-order valence-electron chi connectivity index (χ3n) is 5.72. The third-order valence-corrected chi connectivity index (χ3v) is 7.33. The molecule has 35 heavy (non-hydrogen) atoms. The SMILES string of the molecule is O=C(CS(=O)(=O)c1ccc(F)cc1)N(Cc1ccccn1)C(c1ccc(OC(F)F)cc1)C1CC1. The van der Waals surface area contributed by atoms with Crippen molar-refractivity contribution < 1.29 is 31.1 Å². The fraction of sp³-hybridized carbons (Fsp3) is 0.280. The molecule has 1 saturated carbocycles. The van der Waals surface area contributed by atoms with Crippen LogP contribution in [0.1, 0.15) is 30.1 Å².